The molecule has 24 heavy (non-hydrogen) atoms. The van der Waals surface area contributed by atoms with Crippen LogP contribution in [0.5, 0.6) is 0 Å². The predicted molar refractivity (Wildman–Crippen MR) is 97.8 cm³/mol. The molecular formula is C17H24BrN3O3. The Morgan fingerprint density at radius 3 is 2.67 bits per heavy atom. The summed E-state index contributed by atoms with van der Waals surface area (Å²) < 4.78 is 6.26. The number of hydrogen-bond acceptors (Lipinski definition) is 4. The summed E-state index contributed by atoms with van der Waals surface area (Å²) >= 11 is 3.33. The molecule has 0 spiro atoms. The van der Waals surface area contributed by atoms with E-state index in [0.717, 1.165) is 17.3 Å². The van der Waals surface area contributed by atoms with E-state index in [2.05, 4.69) is 21.2 Å². The van der Waals surface area contributed by atoms with Gasteiger partial charge in [0.25, 0.3) is 0 Å². The number of rotatable bonds is 2. The topological polar surface area (TPSA) is 84.7 Å². The zero-order valence-corrected chi connectivity index (χ0v) is 15.9. The van der Waals surface area contributed by atoms with E-state index in [1.165, 1.54) is 4.90 Å². The number of piperidine rings is 1. The van der Waals surface area contributed by atoms with Crippen molar-refractivity contribution in [1.82, 2.24) is 4.90 Å². The van der Waals surface area contributed by atoms with E-state index < -0.39 is 17.7 Å². The highest BCUT2D eigenvalue weighted by molar-refractivity contribution is 9.10. The van der Waals surface area contributed by atoms with Gasteiger partial charge in [0.1, 0.15) is 11.6 Å². The molecule has 0 aliphatic carbocycles. The maximum absolute atomic E-state index is 12.7. The molecule has 6 nitrogen and oxygen atoms in total. The lowest BCUT2D eigenvalue weighted by Gasteiger charge is -2.35. The molecule has 7 heteroatoms. The third-order valence-corrected chi connectivity index (χ3v) is 4.20. The number of hydrogen-bond donors (Lipinski definition) is 2. The Bertz CT molecular complexity index is 628. The maximum atomic E-state index is 12.7. The van der Waals surface area contributed by atoms with Gasteiger partial charge in [-0.25, -0.2) is 4.79 Å². The number of carbonyl (C=O) groups excluding carboxylic acids is 2. The van der Waals surface area contributed by atoms with Crippen LogP contribution in [0.25, 0.3) is 0 Å². The molecular weight excluding hydrogens is 374 g/mol. The lowest BCUT2D eigenvalue weighted by molar-refractivity contribution is -0.122. The first-order valence-corrected chi connectivity index (χ1v) is 8.82. The zero-order chi connectivity index (χ0) is 17.9. The molecule has 3 N–H and O–H groups in total. The van der Waals surface area contributed by atoms with E-state index >= 15 is 0 Å². The number of likely N-dealkylation sites (tertiary alicyclic amines) is 1. The number of nitrogens with two attached hydrogens (primary N) is 1. The minimum absolute atomic E-state index is 0.241. The first-order chi connectivity index (χ1) is 11.2. The van der Waals surface area contributed by atoms with Crippen LogP contribution in [-0.4, -0.2) is 35.1 Å². The van der Waals surface area contributed by atoms with E-state index in [0.29, 0.717) is 24.3 Å². The summed E-state index contributed by atoms with van der Waals surface area (Å²) in [4.78, 5) is 26.6. The summed E-state index contributed by atoms with van der Waals surface area (Å²) in [7, 11) is 0. The highest BCUT2D eigenvalue weighted by Gasteiger charge is 2.34. The summed E-state index contributed by atoms with van der Waals surface area (Å²) in [5.74, 6) is -0.241. The minimum Gasteiger partial charge on any atom is -0.444 e. The second-order valence-corrected chi connectivity index (χ2v) is 7.82. The molecule has 1 aromatic carbocycles. The molecule has 0 unspecified atom stereocenters. The quantitative estimate of drug-likeness (QED) is 0.743. The molecule has 1 atom stereocenters. The van der Waals surface area contributed by atoms with Crippen molar-refractivity contribution in [2.75, 3.05) is 17.6 Å². The van der Waals surface area contributed by atoms with Crippen LogP contribution in [0.15, 0.2) is 22.7 Å². The van der Waals surface area contributed by atoms with Gasteiger partial charge in [0.2, 0.25) is 5.91 Å². The Morgan fingerprint density at radius 2 is 2.04 bits per heavy atom. The van der Waals surface area contributed by atoms with Crippen molar-refractivity contribution < 1.29 is 14.3 Å². The van der Waals surface area contributed by atoms with Crippen LogP contribution in [-0.2, 0) is 9.53 Å². The van der Waals surface area contributed by atoms with Crippen LogP contribution < -0.4 is 11.1 Å². The van der Waals surface area contributed by atoms with E-state index in [-0.39, 0.29) is 5.91 Å². The van der Waals surface area contributed by atoms with Crippen molar-refractivity contribution in [3.8, 4) is 0 Å². The van der Waals surface area contributed by atoms with E-state index in [1.807, 2.05) is 20.8 Å². The van der Waals surface area contributed by atoms with E-state index in [4.69, 9.17) is 10.5 Å². The lowest BCUT2D eigenvalue weighted by atomic mass is 10.0. The molecule has 132 valence electrons. The lowest BCUT2D eigenvalue weighted by Crippen LogP contribution is -2.51. The number of halogens is 1. The Kier molecular flexibility index (Phi) is 5.74. The van der Waals surface area contributed by atoms with Gasteiger partial charge < -0.3 is 15.8 Å². The molecule has 0 radical (unpaired) electrons. The number of nitrogens with zero attached hydrogens (tertiary/aromatic N) is 1. The van der Waals surface area contributed by atoms with Gasteiger partial charge in [-0.2, -0.15) is 0 Å². The number of amides is 2. The van der Waals surface area contributed by atoms with Crippen LogP contribution in [0.1, 0.15) is 40.0 Å². The fourth-order valence-corrected chi connectivity index (χ4v) is 2.99. The van der Waals surface area contributed by atoms with Crippen LogP contribution in [0.3, 0.4) is 0 Å². The fourth-order valence-electron chi connectivity index (χ4n) is 2.61. The van der Waals surface area contributed by atoms with E-state index in [1.54, 1.807) is 18.2 Å². The smallest absolute Gasteiger partial charge is 0.410 e. The molecule has 1 aliphatic heterocycles. The van der Waals surface area contributed by atoms with Crippen molar-refractivity contribution in [3.63, 3.8) is 0 Å². The molecule has 1 heterocycles. The number of anilines is 2. The molecule has 1 saturated heterocycles. The molecule has 2 amide bonds. The fraction of sp³-hybridized carbons (Fsp3) is 0.529. The number of carbonyl (C=O) groups is 2. The molecule has 0 aromatic heterocycles. The average Bonchev–Trinajstić information content (AvgIpc) is 2.48. The monoisotopic (exact) mass is 397 g/mol. The second-order valence-electron chi connectivity index (χ2n) is 6.91. The number of ether oxygens (including phenoxy) is 1. The van der Waals surface area contributed by atoms with Crippen molar-refractivity contribution >= 4 is 39.3 Å². The SMILES string of the molecule is CC(C)(C)OC(=O)N1CCCC[C@H]1C(=O)Nc1ccc(Br)cc1N. The predicted octanol–water partition coefficient (Wildman–Crippen LogP) is 3.76. The van der Waals surface area contributed by atoms with Crippen molar-refractivity contribution in [1.29, 1.82) is 0 Å². The standard InChI is InChI=1S/C17H24BrN3O3/c1-17(2,3)24-16(23)21-9-5-4-6-14(21)15(22)20-13-8-7-11(18)10-12(13)19/h7-8,10,14H,4-6,9,19H2,1-3H3,(H,20,22)/t14-/m0/s1. The molecule has 1 aliphatic rings. The minimum atomic E-state index is -0.592. The van der Waals surface area contributed by atoms with Crippen molar-refractivity contribution in [2.45, 2.75) is 51.7 Å². The molecule has 1 fully saturated rings. The Hall–Kier alpha value is -1.76. The van der Waals surface area contributed by atoms with Crippen LogP contribution in [0, 0.1) is 0 Å². The van der Waals surface area contributed by atoms with Crippen LogP contribution in [0.4, 0.5) is 16.2 Å². The zero-order valence-electron chi connectivity index (χ0n) is 14.3. The Balaban J connectivity index is 2.11. The average molecular weight is 398 g/mol. The highest BCUT2D eigenvalue weighted by Crippen LogP contribution is 2.25. The third-order valence-electron chi connectivity index (χ3n) is 3.70. The van der Waals surface area contributed by atoms with Crippen molar-refractivity contribution in [3.05, 3.63) is 22.7 Å². The van der Waals surface area contributed by atoms with Gasteiger partial charge in [-0.1, -0.05) is 15.9 Å². The Morgan fingerprint density at radius 1 is 1.33 bits per heavy atom. The number of nitrogen functional groups attached to an aromatic ring is 1. The molecule has 2 rings (SSSR count). The van der Waals surface area contributed by atoms with Gasteiger partial charge in [-0.15, -0.1) is 0 Å². The second kappa shape index (κ2) is 7.42. The number of nitrogens with one attached hydrogen (secondary N) is 1. The summed E-state index contributed by atoms with van der Waals surface area (Å²) in [6.45, 7) is 5.95. The van der Waals surface area contributed by atoms with Gasteiger partial charge >= 0.3 is 6.09 Å². The largest absolute Gasteiger partial charge is 0.444 e. The number of benzene rings is 1. The summed E-state index contributed by atoms with van der Waals surface area (Å²) in [6.07, 6.45) is 1.92. The van der Waals surface area contributed by atoms with Gasteiger partial charge in [0.15, 0.2) is 0 Å². The summed E-state index contributed by atoms with van der Waals surface area (Å²) in [6, 6.07) is 4.72. The normalized spacial score (nSPS) is 18.2. The molecule has 1 aromatic rings. The highest BCUT2D eigenvalue weighted by atomic mass is 79.9. The maximum Gasteiger partial charge on any atom is 0.410 e. The molecule has 0 bridgehead atoms. The van der Waals surface area contributed by atoms with Crippen LogP contribution >= 0.6 is 15.9 Å². The van der Waals surface area contributed by atoms with Gasteiger partial charge in [0, 0.05) is 11.0 Å². The van der Waals surface area contributed by atoms with Gasteiger partial charge in [-0.05, 0) is 58.2 Å². The first-order valence-electron chi connectivity index (χ1n) is 8.03. The first kappa shape index (κ1) is 18.6. The Labute approximate surface area is 150 Å². The van der Waals surface area contributed by atoms with Crippen molar-refractivity contribution in [2.24, 2.45) is 0 Å². The van der Waals surface area contributed by atoms with Gasteiger partial charge in [0.05, 0.1) is 11.4 Å². The van der Waals surface area contributed by atoms with Crippen LogP contribution in [0.2, 0.25) is 0 Å². The van der Waals surface area contributed by atoms with E-state index in [9.17, 15) is 9.59 Å². The summed E-state index contributed by atoms with van der Waals surface area (Å²) in [5.41, 5.74) is 6.34. The van der Waals surface area contributed by atoms with Gasteiger partial charge in [-0.3, -0.25) is 9.69 Å². The third kappa shape index (κ3) is 4.87. The molecule has 0 saturated carbocycles. The summed E-state index contributed by atoms with van der Waals surface area (Å²) in [5, 5.41) is 2.82.